The molecule has 0 spiro atoms. The minimum Gasteiger partial charge on any atom is -0.375 e. The molecule has 0 saturated carbocycles. The van der Waals surface area contributed by atoms with Crippen molar-refractivity contribution in [2.24, 2.45) is 0 Å². The molecule has 0 aromatic rings. The van der Waals surface area contributed by atoms with Crippen LogP contribution in [0.15, 0.2) is 0 Å². The summed E-state index contributed by atoms with van der Waals surface area (Å²) in [6, 6.07) is 1.06. The molecule has 0 rings (SSSR count). The van der Waals surface area contributed by atoms with Crippen molar-refractivity contribution in [3.8, 4) is 0 Å². The summed E-state index contributed by atoms with van der Waals surface area (Å²) in [4.78, 5) is 0. The zero-order valence-corrected chi connectivity index (χ0v) is 14.4. The molecular weight excluding hydrogens is 236 g/mol. The molecule has 19 heavy (non-hydrogen) atoms. The Morgan fingerprint density at radius 3 is 1.95 bits per heavy atom. The molecule has 116 valence electrons. The van der Waals surface area contributed by atoms with Crippen molar-refractivity contribution >= 4 is 0 Å². The van der Waals surface area contributed by atoms with Crippen LogP contribution >= 0.6 is 0 Å². The van der Waals surface area contributed by atoms with E-state index in [-0.39, 0.29) is 11.1 Å². The highest BCUT2D eigenvalue weighted by atomic mass is 16.5. The van der Waals surface area contributed by atoms with Gasteiger partial charge in [0.2, 0.25) is 0 Å². The molecule has 2 N–H and O–H groups in total. The Morgan fingerprint density at radius 2 is 1.47 bits per heavy atom. The predicted octanol–water partition coefficient (Wildman–Crippen LogP) is 3.34. The summed E-state index contributed by atoms with van der Waals surface area (Å²) in [5.74, 6) is 0. The Hall–Kier alpha value is -0.120. The van der Waals surface area contributed by atoms with Gasteiger partial charge in [0.1, 0.15) is 0 Å². The summed E-state index contributed by atoms with van der Waals surface area (Å²) in [5, 5.41) is 7.01. The highest BCUT2D eigenvalue weighted by Crippen LogP contribution is 2.17. The molecule has 0 fully saturated rings. The molecule has 0 aromatic carbocycles. The lowest BCUT2D eigenvalue weighted by atomic mass is 9.99. The van der Waals surface area contributed by atoms with Crippen molar-refractivity contribution in [1.29, 1.82) is 0 Å². The Morgan fingerprint density at radius 1 is 0.895 bits per heavy atom. The van der Waals surface area contributed by atoms with E-state index in [2.05, 4.69) is 66.0 Å². The maximum atomic E-state index is 6.05. The molecule has 3 nitrogen and oxygen atoms in total. The first-order valence-electron chi connectivity index (χ1n) is 7.69. The van der Waals surface area contributed by atoms with Gasteiger partial charge in [-0.1, -0.05) is 27.7 Å². The molecule has 0 saturated heterocycles. The topological polar surface area (TPSA) is 33.3 Å². The number of hydrogen-bond donors (Lipinski definition) is 2. The zero-order valence-electron chi connectivity index (χ0n) is 14.4. The summed E-state index contributed by atoms with van der Waals surface area (Å²) in [5.41, 5.74) is 0.0935. The van der Waals surface area contributed by atoms with Gasteiger partial charge in [-0.3, -0.25) is 0 Å². The first-order chi connectivity index (χ1) is 8.54. The van der Waals surface area contributed by atoms with Gasteiger partial charge >= 0.3 is 0 Å². The molecule has 0 aliphatic rings. The predicted molar refractivity (Wildman–Crippen MR) is 84.8 cm³/mol. The molecule has 3 heteroatoms. The van der Waals surface area contributed by atoms with Crippen LogP contribution in [-0.4, -0.2) is 36.4 Å². The van der Waals surface area contributed by atoms with E-state index < -0.39 is 0 Å². The lowest BCUT2D eigenvalue weighted by Crippen LogP contribution is -2.45. The Balaban J connectivity index is 3.90. The van der Waals surface area contributed by atoms with Crippen LogP contribution in [0, 0.1) is 0 Å². The largest absolute Gasteiger partial charge is 0.375 e. The van der Waals surface area contributed by atoms with Gasteiger partial charge in [0, 0.05) is 24.2 Å². The molecule has 0 unspecified atom stereocenters. The average Bonchev–Trinajstić information content (AvgIpc) is 2.12. The second-order valence-corrected chi connectivity index (χ2v) is 7.40. The first kappa shape index (κ1) is 18.9. The summed E-state index contributed by atoms with van der Waals surface area (Å²) >= 11 is 0. The highest BCUT2D eigenvalue weighted by Gasteiger charge is 2.22. The summed E-state index contributed by atoms with van der Waals surface area (Å²) < 4.78 is 6.05. The number of rotatable bonds is 10. The van der Waals surface area contributed by atoms with Gasteiger partial charge in [-0.2, -0.15) is 0 Å². The average molecular weight is 272 g/mol. The second kappa shape index (κ2) is 8.23. The van der Waals surface area contributed by atoms with Gasteiger partial charge < -0.3 is 15.4 Å². The molecule has 0 aliphatic heterocycles. The van der Waals surface area contributed by atoms with E-state index in [9.17, 15) is 0 Å². The zero-order chi connectivity index (χ0) is 15.1. The number of hydrogen-bond acceptors (Lipinski definition) is 3. The lowest BCUT2D eigenvalue weighted by molar-refractivity contribution is -0.0308. The van der Waals surface area contributed by atoms with Crippen LogP contribution in [0.25, 0.3) is 0 Å². The van der Waals surface area contributed by atoms with Gasteiger partial charge in [-0.05, 0) is 47.1 Å². The summed E-state index contributed by atoms with van der Waals surface area (Å²) in [7, 11) is 0. The molecule has 0 heterocycles. The van der Waals surface area contributed by atoms with Gasteiger partial charge in [-0.25, -0.2) is 0 Å². The van der Waals surface area contributed by atoms with E-state index in [0.29, 0.717) is 12.1 Å². The highest BCUT2D eigenvalue weighted by molar-refractivity contribution is 4.80. The van der Waals surface area contributed by atoms with E-state index in [1.54, 1.807) is 0 Å². The molecule has 0 bridgehead atoms. The van der Waals surface area contributed by atoms with Gasteiger partial charge in [-0.15, -0.1) is 0 Å². The third-order valence-corrected chi connectivity index (χ3v) is 3.18. The molecule has 0 atom stereocenters. The Kier molecular flexibility index (Phi) is 8.18. The van der Waals surface area contributed by atoms with Crippen LogP contribution in [0.5, 0.6) is 0 Å². The van der Waals surface area contributed by atoms with Gasteiger partial charge in [0.25, 0.3) is 0 Å². The maximum absolute atomic E-state index is 6.05. The fraction of sp³-hybridized carbons (Fsp3) is 1.00. The normalized spacial score (nSPS) is 13.6. The molecule has 0 aliphatic carbocycles. The van der Waals surface area contributed by atoms with Crippen LogP contribution in [0.3, 0.4) is 0 Å². The molecule has 0 radical (unpaired) electrons. The standard InChI is InChI=1S/C16H36N2O/c1-13(2)17-11-9-16(7,8)19-12-10-15(5,6)18-14(3)4/h13-14,17-18H,9-12H2,1-8H3. The van der Waals surface area contributed by atoms with Crippen molar-refractivity contribution in [1.82, 2.24) is 10.6 Å². The van der Waals surface area contributed by atoms with E-state index >= 15 is 0 Å². The smallest absolute Gasteiger partial charge is 0.0638 e. The minimum atomic E-state index is -0.0458. The number of ether oxygens (including phenoxy) is 1. The van der Waals surface area contributed by atoms with Crippen molar-refractivity contribution in [3.05, 3.63) is 0 Å². The van der Waals surface area contributed by atoms with E-state index in [1.165, 1.54) is 0 Å². The fourth-order valence-electron chi connectivity index (χ4n) is 2.17. The molecular formula is C16H36N2O. The van der Waals surface area contributed by atoms with Crippen LogP contribution in [0.1, 0.15) is 68.2 Å². The van der Waals surface area contributed by atoms with Crippen molar-refractivity contribution in [3.63, 3.8) is 0 Å². The minimum absolute atomic E-state index is 0.0458. The number of nitrogens with one attached hydrogen (secondary N) is 2. The summed E-state index contributed by atoms with van der Waals surface area (Å²) in [6.45, 7) is 19.4. The first-order valence-corrected chi connectivity index (χ1v) is 7.69. The van der Waals surface area contributed by atoms with E-state index in [0.717, 1.165) is 26.0 Å². The van der Waals surface area contributed by atoms with E-state index in [4.69, 9.17) is 4.74 Å². The van der Waals surface area contributed by atoms with E-state index in [1.807, 2.05) is 0 Å². The van der Waals surface area contributed by atoms with Crippen molar-refractivity contribution in [2.75, 3.05) is 13.2 Å². The molecule has 0 amide bonds. The van der Waals surface area contributed by atoms with Crippen LogP contribution in [-0.2, 0) is 4.74 Å². The van der Waals surface area contributed by atoms with Gasteiger partial charge in [0.05, 0.1) is 5.60 Å². The quantitative estimate of drug-likeness (QED) is 0.640. The van der Waals surface area contributed by atoms with Crippen molar-refractivity contribution in [2.45, 2.75) is 91.5 Å². The third kappa shape index (κ3) is 11.4. The second-order valence-electron chi connectivity index (χ2n) is 7.40. The van der Waals surface area contributed by atoms with Crippen molar-refractivity contribution < 1.29 is 4.74 Å². The monoisotopic (exact) mass is 272 g/mol. The van der Waals surface area contributed by atoms with Crippen LogP contribution in [0.4, 0.5) is 0 Å². The van der Waals surface area contributed by atoms with Gasteiger partial charge in [0.15, 0.2) is 0 Å². The Labute approximate surface area is 120 Å². The lowest BCUT2D eigenvalue weighted by Gasteiger charge is -2.32. The third-order valence-electron chi connectivity index (χ3n) is 3.18. The Bertz CT molecular complexity index is 235. The molecule has 0 aromatic heterocycles. The summed E-state index contributed by atoms with van der Waals surface area (Å²) in [6.07, 6.45) is 2.08. The fourth-order valence-corrected chi connectivity index (χ4v) is 2.17. The maximum Gasteiger partial charge on any atom is 0.0638 e. The SMILES string of the molecule is CC(C)NCCC(C)(C)OCCC(C)(C)NC(C)C. The van der Waals surface area contributed by atoms with Crippen LogP contribution < -0.4 is 10.6 Å². The van der Waals surface area contributed by atoms with Crippen LogP contribution in [0.2, 0.25) is 0 Å².